The van der Waals surface area contributed by atoms with Crippen LogP contribution < -0.4 is 5.32 Å². The molecule has 34 heavy (non-hydrogen) atoms. The second kappa shape index (κ2) is 13.8. The van der Waals surface area contributed by atoms with Gasteiger partial charge in [-0.25, -0.2) is 0 Å². The van der Waals surface area contributed by atoms with Gasteiger partial charge in [0.25, 0.3) is 0 Å². The first kappa shape index (κ1) is 25.9. The molecular formula is C28H31ClN2O2S. The lowest BCUT2D eigenvalue weighted by atomic mass is 10.0. The summed E-state index contributed by atoms with van der Waals surface area (Å²) in [7, 11) is 0. The summed E-state index contributed by atoms with van der Waals surface area (Å²) in [4.78, 5) is 29.6. The van der Waals surface area contributed by atoms with Crippen LogP contribution in [0.4, 0.5) is 0 Å². The Balaban J connectivity index is 1.86. The Morgan fingerprint density at radius 3 is 2.21 bits per heavy atom. The van der Waals surface area contributed by atoms with Gasteiger partial charge in [0.1, 0.15) is 6.04 Å². The van der Waals surface area contributed by atoms with E-state index in [1.165, 1.54) is 11.8 Å². The molecule has 4 nitrogen and oxygen atoms in total. The molecule has 0 unspecified atom stereocenters. The number of amides is 2. The Labute approximate surface area is 211 Å². The maximum atomic E-state index is 13.6. The number of carbonyl (C=O) groups is 2. The molecule has 0 aliphatic carbocycles. The molecule has 3 aromatic carbocycles. The number of nitrogens with one attached hydrogen (secondary N) is 1. The summed E-state index contributed by atoms with van der Waals surface area (Å²) in [5.41, 5.74) is 1.95. The van der Waals surface area contributed by atoms with Crippen LogP contribution in [-0.4, -0.2) is 35.1 Å². The molecule has 0 aliphatic rings. The molecule has 1 atom stereocenters. The van der Waals surface area contributed by atoms with E-state index in [0.29, 0.717) is 24.5 Å². The first-order valence-corrected chi connectivity index (χ1v) is 13.0. The fourth-order valence-corrected chi connectivity index (χ4v) is 4.52. The van der Waals surface area contributed by atoms with Gasteiger partial charge >= 0.3 is 0 Å². The summed E-state index contributed by atoms with van der Waals surface area (Å²) in [6.45, 7) is 3.02. The predicted octanol–water partition coefficient (Wildman–Crippen LogP) is 5.99. The zero-order valence-electron chi connectivity index (χ0n) is 19.5. The van der Waals surface area contributed by atoms with E-state index in [1.54, 1.807) is 4.90 Å². The van der Waals surface area contributed by atoms with Gasteiger partial charge in [-0.3, -0.25) is 9.59 Å². The van der Waals surface area contributed by atoms with Gasteiger partial charge in [-0.15, -0.1) is 11.8 Å². The van der Waals surface area contributed by atoms with E-state index in [4.69, 9.17) is 11.6 Å². The SMILES string of the molecule is CCCCNC(=O)[C@@H](Cc1ccccc1)N(Cc1ccc(Cl)cc1)C(=O)CSc1ccccc1. The number of carbonyl (C=O) groups excluding carboxylic acids is 2. The van der Waals surface area contributed by atoms with Crippen molar-refractivity contribution in [2.24, 2.45) is 0 Å². The van der Waals surface area contributed by atoms with Crippen molar-refractivity contribution >= 4 is 35.2 Å². The standard InChI is InChI=1S/C28H31ClN2O2S/c1-2-3-18-30-28(33)26(19-22-10-6-4-7-11-22)31(20-23-14-16-24(29)17-15-23)27(32)21-34-25-12-8-5-9-13-25/h4-17,26H,2-3,18-21H2,1H3,(H,30,33)/t26-/m1/s1. The highest BCUT2D eigenvalue weighted by Crippen LogP contribution is 2.21. The molecule has 0 aromatic heterocycles. The predicted molar refractivity (Wildman–Crippen MR) is 141 cm³/mol. The zero-order valence-corrected chi connectivity index (χ0v) is 21.0. The molecule has 0 saturated carbocycles. The maximum absolute atomic E-state index is 13.6. The smallest absolute Gasteiger partial charge is 0.243 e. The summed E-state index contributed by atoms with van der Waals surface area (Å²) in [6, 6.07) is 26.5. The van der Waals surface area contributed by atoms with Crippen LogP contribution in [0.2, 0.25) is 5.02 Å². The number of unbranched alkanes of at least 4 members (excludes halogenated alkanes) is 1. The van der Waals surface area contributed by atoms with Crippen LogP contribution in [0.1, 0.15) is 30.9 Å². The summed E-state index contributed by atoms with van der Waals surface area (Å²) < 4.78 is 0. The van der Waals surface area contributed by atoms with Crippen molar-refractivity contribution in [1.29, 1.82) is 0 Å². The van der Waals surface area contributed by atoms with Crippen molar-refractivity contribution in [1.82, 2.24) is 10.2 Å². The second-order valence-corrected chi connectivity index (χ2v) is 9.59. The number of nitrogens with zero attached hydrogens (tertiary/aromatic N) is 1. The number of rotatable bonds is 12. The molecule has 0 spiro atoms. The number of thioether (sulfide) groups is 1. The Bertz CT molecular complexity index is 1030. The van der Waals surface area contributed by atoms with Gasteiger partial charge in [0.05, 0.1) is 5.75 Å². The fourth-order valence-electron chi connectivity index (χ4n) is 3.59. The van der Waals surface area contributed by atoms with Gasteiger partial charge in [-0.2, -0.15) is 0 Å². The molecule has 1 N–H and O–H groups in total. The molecule has 0 bridgehead atoms. The summed E-state index contributed by atoms with van der Waals surface area (Å²) in [5, 5.41) is 3.69. The number of halogens is 1. The largest absolute Gasteiger partial charge is 0.354 e. The van der Waals surface area contributed by atoms with Crippen LogP contribution in [0.25, 0.3) is 0 Å². The van der Waals surface area contributed by atoms with Crippen LogP contribution in [0.3, 0.4) is 0 Å². The molecule has 0 saturated heterocycles. The summed E-state index contributed by atoms with van der Waals surface area (Å²) in [5.74, 6) is 0.0604. The van der Waals surface area contributed by atoms with Crippen molar-refractivity contribution < 1.29 is 9.59 Å². The molecule has 0 radical (unpaired) electrons. The van der Waals surface area contributed by atoms with Crippen molar-refractivity contribution in [3.05, 3.63) is 101 Å². The molecule has 6 heteroatoms. The van der Waals surface area contributed by atoms with Crippen molar-refractivity contribution in [3.8, 4) is 0 Å². The third-order valence-corrected chi connectivity index (χ3v) is 6.72. The highest BCUT2D eigenvalue weighted by atomic mass is 35.5. The van der Waals surface area contributed by atoms with E-state index >= 15 is 0 Å². The second-order valence-electron chi connectivity index (χ2n) is 8.10. The third kappa shape index (κ3) is 8.23. The lowest BCUT2D eigenvalue weighted by Crippen LogP contribution is -2.51. The van der Waals surface area contributed by atoms with Crippen LogP contribution in [0.5, 0.6) is 0 Å². The Hall–Kier alpha value is -2.76. The van der Waals surface area contributed by atoms with E-state index in [9.17, 15) is 9.59 Å². The van der Waals surface area contributed by atoms with E-state index in [-0.39, 0.29) is 17.6 Å². The average molecular weight is 495 g/mol. The normalized spacial score (nSPS) is 11.6. The summed E-state index contributed by atoms with van der Waals surface area (Å²) >= 11 is 7.55. The van der Waals surface area contributed by atoms with Gasteiger partial charge in [0.2, 0.25) is 11.8 Å². The number of benzene rings is 3. The van der Waals surface area contributed by atoms with Crippen LogP contribution in [0, 0.1) is 0 Å². The molecular weight excluding hydrogens is 464 g/mol. The monoisotopic (exact) mass is 494 g/mol. The van der Waals surface area contributed by atoms with E-state index in [0.717, 1.165) is 28.9 Å². The highest BCUT2D eigenvalue weighted by Gasteiger charge is 2.30. The molecule has 178 valence electrons. The highest BCUT2D eigenvalue weighted by molar-refractivity contribution is 8.00. The Morgan fingerprint density at radius 2 is 1.56 bits per heavy atom. The third-order valence-electron chi connectivity index (χ3n) is 5.47. The van der Waals surface area contributed by atoms with E-state index in [2.05, 4.69) is 12.2 Å². The van der Waals surface area contributed by atoms with Gasteiger partial charge in [0, 0.05) is 29.4 Å². The average Bonchev–Trinajstić information content (AvgIpc) is 2.87. The minimum absolute atomic E-state index is 0.0737. The van der Waals surface area contributed by atoms with Gasteiger partial charge in [0.15, 0.2) is 0 Å². The lowest BCUT2D eigenvalue weighted by Gasteiger charge is -2.31. The minimum atomic E-state index is -0.612. The molecule has 0 heterocycles. The Kier molecular flexibility index (Phi) is 10.5. The molecule has 3 rings (SSSR count). The van der Waals surface area contributed by atoms with E-state index < -0.39 is 6.04 Å². The van der Waals surface area contributed by atoms with Crippen molar-refractivity contribution in [2.45, 2.75) is 43.7 Å². The van der Waals surface area contributed by atoms with Gasteiger partial charge in [-0.05, 0) is 41.8 Å². The zero-order chi connectivity index (χ0) is 24.2. The number of hydrogen-bond acceptors (Lipinski definition) is 3. The maximum Gasteiger partial charge on any atom is 0.243 e. The van der Waals surface area contributed by atoms with Crippen LogP contribution in [-0.2, 0) is 22.6 Å². The summed E-state index contributed by atoms with van der Waals surface area (Å²) in [6.07, 6.45) is 2.34. The first-order valence-electron chi connectivity index (χ1n) is 11.6. The van der Waals surface area contributed by atoms with Crippen LogP contribution >= 0.6 is 23.4 Å². The fraction of sp³-hybridized carbons (Fsp3) is 0.286. The minimum Gasteiger partial charge on any atom is -0.354 e. The first-order chi connectivity index (χ1) is 16.6. The topological polar surface area (TPSA) is 49.4 Å². The lowest BCUT2D eigenvalue weighted by molar-refractivity contribution is -0.139. The van der Waals surface area contributed by atoms with Gasteiger partial charge in [-0.1, -0.05) is 85.6 Å². The molecule has 0 fully saturated rings. The van der Waals surface area contributed by atoms with E-state index in [1.807, 2.05) is 84.9 Å². The molecule has 3 aromatic rings. The van der Waals surface area contributed by atoms with Crippen LogP contribution in [0.15, 0.2) is 89.8 Å². The quantitative estimate of drug-likeness (QED) is 0.248. The molecule has 0 aliphatic heterocycles. The van der Waals surface area contributed by atoms with Crippen molar-refractivity contribution in [2.75, 3.05) is 12.3 Å². The number of hydrogen-bond donors (Lipinski definition) is 1. The molecule has 2 amide bonds. The van der Waals surface area contributed by atoms with Gasteiger partial charge < -0.3 is 10.2 Å². The van der Waals surface area contributed by atoms with Crippen molar-refractivity contribution in [3.63, 3.8) is 0 Å². The Morgan fingerprint density at radius 1 is 0.912 bits per heavy atom.